The van der Waals surface area contributed by atoms with Crippen LogP contribution in [0.1, 0.15) is 54.7 Å². The van der Waals surface area contributed by atoms with Crippen molar-refractivity contribution in [3.8, 4) is 5.75 Å². The monoisotopic (exact) mass is 448 g/mol. The van der Waals surface area contributed by atoms with Gasteiger partial charge < -0.3 is 14.8 Å². The molecule has 4 rings (SSSR count). The zero-order valence-electron chi connectivity index (χ0n) is 19.6. The van der Waals surface area contributed by atoms with Gasteiger partial charge in [0.05, 0.1) is 25.5 Å². The van der Waals surface area contributed by atoms with Crippen LogP contribution in [0.25, 0.3) is 0 Å². The van der Waals surface area contributed by atoms with E-state index in [9.17, 15) is 4.79 Å². The van der Waals surface area contributed by atoms with Crippen LogP contribution in [-0.2, 0) is 16.7 Å². The third-order valence-electron chi connectivity index (χ3n) is 6.39. The molecule has 1 fully saturated rings. The minimum Gasteiger partial charge on any atom is -0.497 e. The van der Waals surface area contributed by atoms with E-state index in [1.54, 1.807) is 18.0 Å². The van der Waals surface area contributed by atoms with Crippen LogP contribution in [0.3, 0.4) is 0 Å². The molecule has 3 aromatic rings. The Morgan fingerprint density at radius 1 is 1.15 bits per heavy atom. The number of carbonyl (C=O) groups is 1. The average molecular weight is 449 g/mol. The number of carbonyl (C=O) groups excluding carboxylic acids is 1. The molecule has 0 radical (unpaired) electrons. The van der Waals surface area contributed by atoms with Crippen LogP contribution in [0.15, 0.2) is 60.8 Å². The SMILES string of the molecule is COc1ccc(Cn2cc(C(=O)NCC[C@@]3(c4ccccc4)CCOC(C)(C)C3)nn2)cc1. The molecular weight excluding hydrogens is 416 g/mol. The standard InChI is InChI=1S/C26H32N4O3/c1-25(2)19-26(14-16-33-25,21-7-5-4-6-8-21)13-15-27-24(31)23-18-30(29-28-23)17-20-9-11-22(32-3)12-10-20/h4-12,18H,13-17,19H2,1-3H3,(H,27,31)/t26-/m1/s1. The topological polar surface area (TPSA) is 78.3 Å². The molecule has 174 valence electrons. The summed E-state index contributed by atoms with van der Waals surface area (Å²) in [6, 6.07) is 18.3. The number of nitrogens with zero attached hydrogens (tertiary/aromatic N) is 3. The predicted molar refractivity (Wildman–Crippen MR) is 126 cm³/mol. The Kier molecular flexibility index (Phi) is 6.79. The Hall–Kier alpha value is -3.19. The van der Waals surface area contributed by atoms with Crippen LogP contribution >= 0.6 is 0 Å². The summed E-state index contributed by atoms with van der Waals surface area (Å²) in [7, 11) is 1.64. The Labute approximate surface area is 195 Å². The lowest BCUT2D eigenvalue weighted by molar-refractivity contribution is -0.0838. The summed E-state index contributed by atoms with van der Waals surface area (Å²) in [6.07, 6.45) is 4.38. The van der Waals surface area contributed by atoms with Gasteiger partial charge >= 0.3 is 0 Å². The van der Waals surface area contributed by atoms with E-state index in [1.165, 1.54) is 5.56 Å². The third kappa shape index (κ3) is 5.60. The first-order valence-electron chi connectivity index (χ1n) is 11.4. The van der Waals surface area contributed by atoms with Crippen LogP contribution in [0.2, 0.25) is 0 Å². The summed E-state index contributed by atoms with van der Waals surface area (Å²) in [5.41, 5.74) is 2.47. The van der Waals surface area contributed by atoms with Crippen LogP contribution in [0.4, 0.5) is 0 Å². The lowest BCUT2D eigenvalue weighted by Gasteiger charge is -2.45. The van der Waals surface area contributed by atoms with Crippen molar-refractivity contribution in [1.29, 1.82) is 0 Å². The summed E-state index contributed by atoms with van der Waals surface area (Å²) >= 11 is 0. The van der Waals surface area contributed by atoms with E-state index >= 15 is 0 Å². The summed E-state index contributed by atoms with van der Waals surface area (Å²) in [5, 5.41) is 11.2. The van der Waals surface area contributed by atoms with Crippen molar-refractivity contribution < 1.29 is 14.3 Å². The van der Waals surface area contributed by atoms with Gasteiger partial charge in [-0.15, -0.1) is 5.10 Å². The van der Waals surface area contributed by atoms with Crippen LogP contribution in [0, 0.1) is 0 Å². The maximum absolute atomic E-state index is 12.7. The molecule has 2 aromatic carbocycles. The molecule has 0 bridgehead atoms. The van der Waals surface area contributed by atoms with Crippen LogP contribution in [-0.4, -0.2) is 46.8 Å². The second-order valence-electron chi connectivity index (χ2n) is 9.34. The van der Waals surface area contributed by atoms with Crippen LogP contribution < -0.4 is 10.1 Å². The number of ether oxygens (including phenoxy) is 2. The largest absolute Gasteiger partial charge is 0.497 e. The zero-order valence-corrected chi connectivity index (χ0v) is 19.6. The Balaban J connectivity index is 1.37. The summed E-state index contributed by atoms with van der Waals surface area (Å²) < 4.78 is 12.8. The molecule has 0 saturated carbocycles. The number of rotatable bonds is 8. The van der Waals surface area contributed by atoms with Crippen molar-refractivity contribution in [2.45, 2.75) is 50.7 Å². The van der Waals surface area contributed by atoms with E-state index in [2.05, 4.69) is 53.7 Å². The lowest BCUT2D eigenvalue weighted by Crippen LogP contribution is -2.45. The fourth-order valence-electron chi connectivity index (χ4n) is 4.78. The van der Waals surface area contributed by atoms with E-state index in [1.807, 2.05) is 30.3 Å². The Morgan fingerprint density at radius 3 is 2.61 bits per heavy atom. The van der Waals surface area contributed by atoms with E-state index in [0.29, 0.717) is 18.8 Å². The van der Waals surface area contributed by atoms with Crippen molar-refractivity contribution in [3.63, 3.8) is 0 Å². The van der Waals surface area contributed by atoms with Crippen molar-refractivity contribution in [2.75, 3.05) is 20.3 Å². The quantitative estimate of drug-likeness (QED) is 0.564. The highest BCUT2D eigenvalue weighted by atomic mass is 16.5. The van der Waals surface area contributed by atoms with Crippen molar-refractivity contribution >= 4 is 5.91 Å². The molecule has 2 heterocycles. The van der Waals surface area contributed by atoms with Crippen molar-refractivity contribution in [2.24, 2.45) is 0 Å². The van der Waals surface area contributed by atoms with Gasteiger partial charge in [0, 0.05) is 18.6 Å². The second-order valence-corrected chi connectivity index (χ2v) is 9.34. The molecule has 0 spiro atoms. The molecule has 7 heteroatoms. The Morgan fingerprint density at radius 2 is 1.91 bits per heavy atom. The van der Waals surface area contributed by atoms with Crippen LogP contribution in [0.5, 0.6) is 5.75 Å². The van der Waals surface area contributed by atoms with Gasteiger partial charge in [0.25, 0.3) is 5.91 Å². The fourth-order valence-corrected chi connectivity index (χ4v) is 4.78. The number of hydrogen-bond donors (Lipinski definition) is 1. The van der Waals surface area contributed by atoms with Gasteiger partial charge in [0.1, 0.15) is 5.75 Å². The molecule has 1 atom stereocenters. The summed E-state index contributed by atoms with van der Waals surface area (Å²) in [4.78, 5) is 12.7. The maximum Gasteiger partial charge on any atom is 0.273 e. The van der Waals surface area contributed by atoms with Gasteiger partial charge in [0.2, 0.25) is 0 Å². The summed E-state index contributed by atoms with van der Waals surface area (Å²) in [5.74, 6) is 0.601. The minimum absolute atomic E-state index is 0.0255. The van der Waals surface area contributed by atoms with E-state index < -0.39 is 0 Å². The molecule has 33 heavy (non-hydrogen) atoms. The molecule has 1 aromatic heterocycles. The smallest absolute Gasteiger partial charge is 0.273 e. The molecule has 7 nitrogen and oxygen atoms in total. The van der Waals surface area contributed by atoms with Gasteiger partial charge in [-0.2, -0.15) is 0 Å². The number of aromatic nitrogens is 3. The molecular formula is C26H32N4O3. The molecule has 1 aliphatic rings. The third-order valence-corrected chi connectivity index (χ3v) is 6.39. The number of benzene rings is 2. The molecule has 1 N–H and O–H groups in total. The van der Waals surface area contributed by atoms with Crippen molar-refractivity contribution in [3.05, 3.63) is 77.6 Å². The minimum atomic E-state index is -0.203. The first-order valence-corrected chi connectivity index (χ1v) is 11.4. The highest BCUT2D eigenvalue weighted by Gasteiger charge is 2.41. The Bertz CT molecular complexity index is 1060. The molecule has 1 aliphatic heterocycles. The summed E-state index contributed by atoms with van der Waals surface area (Å²) in [6.45, 7) is 6.11. The van der Waals surface area contributed by atoms with E-state index in [4.69, 9.17) is 9.47 Å². The number of amides is 1. The first kappa shape index (κ1) is 23.0. The van der Waals surface area contributed by atoms with E-state index in [-0.39, 0.29) is 16.9 Å². The number of hydrogen-bond acceptors (Lipinski definition) is 5. The molecule has 0 aliphatic carbocycles. The predicted octanol–water partition coefficient (Wildman–Crippen LogP) is 3.98. The molecule has 1 saturated heterocycles. The highest BCUT2D eigenvalue weighted by Crippen LogP contribution is 2.43. The number of nitrogens with one attached hydrogen (secondary N) is 1. The van der Waals surface area contributed by atoms with Gasteiger partial charge in [0.15, 0.2) is 5.69 Å². The molecule has 1 amide bonds. The normalized spacial score (nSPS) is 19.7. The van der Waals surface area contributed by atoms with Gasteiger partial charge in [-0.05, 0) is 56.4 Å². The van der Waals surface area contributed by atoms with Gasteiger partial charge in [-0.25, -0.2) is 4.68 Å². The lowest BCUT2D eigenvalue weighted by atomic mass is 9.67. The number of methoxy groups -OCH3 is 1. The zero-order chi connectivity index (χ0) is 23.3. The van der Waals surface area contributed by atoms with Crippen molar-refractivity contribution in [1.82, 2.24) is 20.3 Å². The van der Waals surface area contributed by atoms with Gasteiger partial charge in [-0.3, -0.25) is 4.79 Å². The maximum atomic E-state index is 12.7. The highest BCUT2D eigenvalue weighted by molar-refractivity contribution is 5.91. The fraction of sp³-hybridized carbons (Fsp3) is 0.423. The second kappa shape index (κ2) is 9.75. The first-order chi connectivity index (χ1) is 15.9. The average Bonchev–Trinajstić information content (AvgIpc) is 3.28. The van der Waals surface area contributed by atoms with E-state index in [0.717, 1.165) is 37.2 Å². The van der Waals surface area contributed by atoms with Gasteiger partial charge in [-0.1, -0.05) is 47.7 Å². The molecule has 0 unspecified atom stereocenters.